The summed E-state index contributed by atoms with van der Waals surface area (Å²) < 4.78 is 22.6. The molecule has 0 saturated carbocycles. The van der Waals surface area contributed by atoms with Crippen molar-refractivity contribution in [3.8, 4) is 10.6 Å². The molecule has 2 rings (SSSR count). The van der Waals surface area contributed by atoms with Crippen LogP contribution in [-0.2, 0) is 16.4 Å². The lowest BCUT2D eigenvalue weighted by Crippen LogP contribution is -2.42. The third-order valence-electron chi connectivity index (χ3n) is 3.86. The zero-order valence-electron chi connectivity index (χ0n) is 15.6. The van der Waals surface area contributed by atoms with E-state index in [1.54, 1.807) is 18.4 Å². The molecular formula is C18H26N4O2S2. The van der Waals surface area contributed by atoms with Crippen LogP contribution in [0.3, 0.4) is 0 Å². The summed E-state index contributed by atoms with van der Waals surface area (Å²) in [7, 11) is -1.25. The number of aromatic nitrogens is 1. The number of rotatable bonds is 7. The highest BCUT2D eigenvalue weighted by Crippen LogP contribution is 2.27. The molecule has 0 aliphatic heterocycles. The lowest BCUT2D eigenvalue weighted by atomic mass is 10.2. The van der Waals surface area contributed by atoms with Crippen molar-refractivity contribution in [2.24, 2.45) is 4.99 Å². The zero-order chi connectivity index (χ0) is 19.2. The number of hydrogen-bond acceptors (Lipinski definition) is 5. The fraction of sp³-hybridized carbons (Fsp3) is 0.444. The fourth-order valence-electron chi connectivity index (χ4n) is 2.35. The lowest BCUT2D eigenvalue weighted by Gasteiger charge is -2.17. The van der Waals surface area contributed by atoms with E-state index in [0.29, 0.717) is 18.9 Å². The van der Waals surface area contributed by atoms with Crippen molar-refractivity contribution in [2.75, 3.05) is 19.1 Å². The van der Waals surface area contributed by atoms with Gasteiger partial charge in [-0.15, -0.1) is 11.3 Å². The van der Waals surface area contributed by atoms with Crippen molar-refractivity contribution in [1.29, 1.82) is 0 Å². The van der Waals surface area contributed by atoms with Crippen molar-refractivity contribution in [2.45, 2.75) is 32.9 Å². The van der Waals surface area contributed by atoms with Crippen LogP contribution in [0.1, 0.15) is 23.9 Å². The van der Waals surface area contributed by atoms with E-state index in [1.807, 2.05) is 32.0 Å². The topological polar surface area (TPSA) is 83.4 Å². The van der Waals surface area contributed by atoms with Crippen LogP contribution >= 0.6 is 11.3 Å². The Hall–Kier alpha value is -1.93. The summed E-state index contributed by atoms with van der Waals surface area (Å²) in [5, 5.41) is 7.51. The van der Waals surface area contributed by atoms with Crippen LogP contribution in [0.25, 0.3) is 10.6 Å². The minimum Gasteiger partial charge on any atom is -0.354 e. The van der Waals surface area contributed by atoms with Crippen LogP contribution in [0.4, 0.5) is 0 Å². The number of guanidine groups is 1. The summed E-state index contributed by atoms with van der Waals surface area (Å²) in [6, 6.07) is 10.1. The van der Waals surface area contributed by atoms with E-state index < -0.39 is 9.84 Å². The Bertz CT molecular complexity index is 845. The summed E-state index contributed by atoms with van der Waals surface area (Å²) in [6.07, 6.45) is 1.79. The number of sulfone groups is 1. The van der Waals surface area contributed by atoms with Crippen LogP contribution in [0.2, 0.25) is 0 Å². The van der Waals surface area contributed by atoms with Crippen molar-refractivity contribution < 1.29 is 8.42 Å². The fourth-order valence-corrected chi connectivity index (χ4v) is 4.14. The van der Waals surface area contributed by atoms with Gasteiger partial charge >= 0.3 is 0 Å². The molecular weight excluding hydrogens is 368 g/mol. The largest absolute Gasteiger partial charge is 0.354 e. The van der Waals surface area contributed by atoms with Gasteiger partial charge < -0.3 is 10.6 Å². The molecule has 1 aromatic heterocycles. The van der Waals surface area contributed by atoms with E-state index >= 15 is 0 Å². The molecule has 6 nitrogen and oxygen atoms in total. The molecule has 0 aliphatic rings. The van der Waals surface area contributed by atoms with Gasteiger partial charge in [0.15, 0.2) is 5.96 Å². The Morgan fingerprint density at radius 3 is 2.62 bits per heavy atom. The highest BCUT2D eigenvalue weighted by Gasteiger charge is 2.12. The summed E-state index contributed by atoms with van der Waals surface area (Å²) in [5.74, 6) is 0.812. The molecule has 1 atom stereocenters. The van der Waals surface area contributed by atoms with Gasteiger partial charge in [-0.25, -0.2) is 13.4 Å². The van der Waals surface area contributed by atoms with Crippen molar-refractivity contribution in [3.63, 3.8) is 0 Å². The molecule has 0 fully saturated rings. The lowest BCUT2D eigenvalue weighted by molar-refractivity contribution is 0.581. The number of nitrogens with zero attached hydrogens (tertiary/aromatic N) is 2. The second-order valence-corrected chi connectivity index (χ2v) is 9.63. The number of nitrogens with one attached hydrogen (secondary N) is 2. The second kappa shape index (κ2) is 9.14. The molecule has 2 aromatic rings. The molecule has 0 spiro atoms. The molecule has 0 aliphatic carbocycles. The van der Waals surface area contributed by atoms with Gasteiger partial charge in [-0.05, 0) is 20.3 Å². The maximum absolute atomic E-state index is 11.3. The molecule has 0 amide bonds. The molecule has 2 N–H and O–H groups in total. The smallest absolute Gasteiger partial charge is 0.191 e. The molecule has 0 radical (unpaired) electrons. The molecule has 26 heavy (non-hydrogen) atoms. The summed E-state index contributed by atoms with van der Waals surface area (Å²) >= 11 is 1.66. The standard InChI is InChI=1S/C18H26N4O2S2/c1-13(10-11-26(4,23)24)21-18(19-3)20-12-16-14(2)22-17(25-16)15-8-6-5-7-9-15/h5-9,13H,10-12H2,1-4H3,(H2,19,20,21). The maximum Gasteiger partial charge on any atom is 0.191 e. The Labute approximate surface area is 159 Å². The van der Waals surface area contributed by atoms with E-state index in [0.717, 1.165) is 21.1 Å². The minimum absolute atomic E-state index is 0.0124. The molecule has 0 saturated heterocycles. The van der Waals surface area contributed by atoms with Gasteiger partial charge in [0.05, 0.1) is 18.0 Å². The molecule has 0 bridgehead atoms. The average molecular weight is 395 g/mol. The summed E-state index contributed by atoms with van der Waals surface area (Å²) in [6.45, 7) is 4.57. The highest BCUT2D eigenvalue weighted by molar-refractivity contribution is 7.90. The normalized spacial score (nSPS) is 13.5. The van der Waals surface area contributed by atoms with Crippen LogP contribution < -0.4 is 10.6 Å². The maximum atomic E-state index is 11.3. The zero-order valence-corrected chi connectivity index (χ0v) is 17.2. The van der Waals surface area contributed by atoms with Crippen LogP contribution in [0.5, 0.6) is 0 Å². The van der Waals surface area contributed by atoms with Crippen LogP contribution in [0, 0.1) is 6.92 Å². The van der Waals surface area contributed by atoms with Crippen molar-refractivity contribution >= 4 is 27.1 Å². The monoisotopic (exact) mass is 394 g/mol. The molecule has 142 valence electrons. The molecule has 1 heterocycles. The van der Waals surface area contributed by atoms with Gasteiger partial charge in [-0.1, -0.05) is 30.3 Å². The summed E-state index contributed by atoms with van der Waals surface area (Å²) in [5.41, 5.74) is 2.12. The van der Waals surface area contributed by atoms with Crippen LogP contribution in [0.15, 0.2) is 35.3 Å². The number of hydrogen-bond donors (Lipinski definition) is 2. The Kier molecular flexibility index (Phi) is 7.16. The first-order valence-corrected chi connectivity index (χ1v) is 11.3. The SMILES string of the molecule is CN=C(NCc1sc(-c2ccccc2)nc1C)NC(C)CCS(C)(=O)=O. The van der Waals surface area contributed by atoms with E-state index in [4.69, 9.17) is 0 Å². The summed E-state index contributed by atoms with van der Waals surface area (Å²) in [4.78, 5) is 10.0. The molecule has 1 unspecified atom stereocenters. The number of aliphatic imine (C=N–C) groups is 1. The quantitative estimate of drug-likeness (QED) is 0.557. The van der Waals surface area contributed by atoms with Crippen LogP contribution in [-0.4, -0.2) is 44.5 Å². The van der Waals surface area contributed by atoms with E-state index in [9.17, 15) is 8.42 Å². The Morgan fingerprint density at radius 1 is 1.31 bits per heavy atom. The Morgan fingerprint density at radius 2 is 2.00 bits per heavy atom. The van der Waals surface area contributed by atoms with Gasteiger partial charge in [0.25, 0.3) is 0 Å². The number of benzene rings is 1. The highest BCUT2D eigenvalue weighted by atomic mass is 32.2. The third kappa shape index (κ3) is 6.42. The van der Waals surface area contributed by atoms with Gasteiger partial charge in [-0.3, -0.25) is 4.99 Å². The molecule has 1 aromatic carbocycles. The Balaban J connectivity index is 1.93. The van der Waals surface area contributed by atoms with Gasteiger partial charge in [0.1, 0.15) is 14.8 Å². The molecule has 8 heteroatoms. The first-order chi connectivity index (χ1) is 12.3. The first-order valence-electron chi connectivity index (χ1n) is 8.45. The first kappa shape index (κ1) is 20.4. The van der Waals surface area contributed by atoms with E-state index in [1.165, 1.54) is 6.26 Å². The van der Waals surface area contributed by atoms with Crippen molar-refractivity contribution in [3.05, 3.63) is 40.9 Å². The number of aryl methyl sites for hydroxylation is 1. The minimum atomic E-state index is -2.95. The average Bonchev–Trinajstić information content (AvgIpc) is 2.98. The predicted octanol–water partition coefficient (Wildman–Crippen LogP) is 2.61. The van der Waals surface area contributed by atoms with E-state index in [2.05, 4.69) is 32.7 Å². The predicted molar refractivity (Wildman–Crippen MR) is 109 cm³/mol. The number of thiazole rings is 1. The van der Waals surface area contributed by atoms with Gasteiger partial charge in [0.2, 0.25) is 0 Å². The third-order valence-corrected chi connectivity index (χ3v) is 6.04. The van der Waals surface area contributed by atoms with Gasteiger partial charge in [-0.2, -0.15) is 0 Å². The van der Waals surface area contributed by atoms with E-state index in [-0.39, 0.29) is 11.8 Å². The second-order valence-electron chi connectivity index (χ2n) is 6.28. The van der Waals surface area contributed by atoms with Crippen molar-refractivity contribution in [1.82, 2.24) is 15.6 Å². The van der Waals surface area contributed by atoms with Gasteiger partial charge in [0, 0.05) is 29.8 Å².